The minimum Gasteiger partial charge on any atom is -0.241 e. The topological polar surface area (TPSA) is 25.8 Å². The SMILES string of the molecule is CC1=CCC=C(c2cnc(C)nc2)C=C1. The van der Waals surface area contributed by atoms with E-state index in [0.717, 1.165) is 17.8 Å². The molecule has 1 aliphatic carbocycles. The summed E-state index contributed by atoms with van der Waals surface area (Å²) in [5.74, 6) is 0.811. The average molecular weight is 198 g/mol. The van der Waals surface area contributed by atoms with E-state index in [9.17, 15) is 0 Å². The Kier molecular flexibility index (Phi) is 2.77. The standard InChI is InChI=1S/C13H14N2/c1-10-4-3-5-12(7-6-10)13-8-14-11(2)15-9-13/h4-9H,3H2,1-2H3. The summed E-state index contributed by atoms with van der Waals surface area (Å²) in [7, 11) is 0. The van der Waals surface area contributed by atoms with E-state index in [1.54, 1.807) is 0 Å². The molecule has 1 aliphatic rings. The minimum absolute atomic E-state index is 0.811. The zero-order chi connectivity index (χ0) is 10.7. The highest BCUT2D eigenvalue weighted by molar-refractivity contribution is 5.74. The van der Waals surface area contributed by atoms with E-state index in [0.29, 0.717) is 0 Å². The third-order valence-corrected chi connectivity index (χ3v) is 2.42. The third kappa shape index (κ3) is 2.40. The molecule has 0 radical (unpaired) electrons. The lowest BCUT2D eigenvalue weighted by Gasteiger charge is -2.00. The number of hydrogen-bond acceptors (Lipinski definition) is 2. The predicted octanol–water partition coefficient (Wildman–Crippen LogP) is 3.07. The van der Waals surface area contributed by atoms with E-state index in [1.807, 2.05) is 19.3 Å². The number of nitrogens with zero attached hydrogens (tertiary/aromatic N) is 2. The molecule has 0 N–H and O–H groups in total. The first-order valence-electron chi connectivity index (χ1n) is 5.10. The lowest BCUT2D eigenvalue weighted by atomic mass is 10.1. The zero-order valence-electron chi connectivity index (χ0n) is 9.07. The van der Waals surface area contributed by atoms with Crippen molar-refractivity contribution in [3.05, 3.63) is 53.7 Å². The molecule has 1 heterocycles. The summed E-state index contributed by atoms with van der Waals surface area (Å²) in [6.07, 6.45) is 13.4. The fourth-order valence-electron chi connectivity index (χ4n) is 1.48. The van der Waals surface area contributed by atoms with Gasteiger partial charge in [-0.1, -0.05) is 29.9 Å². The van der Waals surface area contributed by atoms with Crippen LogP contribution in [-0.4, -0.2) is 9.97 Å². The first-order chi connectivity index (χ1) is 7.25. The molecule has 1 aromatic rings. The van der Waals surface area contributed by atoms with E-state index >= 15 is 0 Å². The van der Waals surface area contributed by atoms with Gasteiger partial charge < -0.3 is 0 Å². The number of aromatic nitrogens is 2. The molecule has 2 nitrogen and oxygen atoms in total. The summed E-state index contributed by atoms with van der Waals surface area (Å²) >= 11 is 0. The van der Waals surface area contributed by atoms with Gasteiger partial charge in [-0.05, 0) is 25.8 Å². The third-order valence-electron chi connectivity index (χ3n) is 2.42. The van der Waals surface area contributed by atoms with E-state index in [2.05, 4.69) is 41.2 Å². The molecule has 0 saturated carbocycles. The van der Waals surface area contributed by atoms with Crippen molar-refractivity contribution < 1.29 is 0 Å². The summed E-state index contributed by atoms with van der Waals surface area (Å²) in [4.78, 5) is 8.40. The van der Waals surface area contributed by atoms with E-state index in [-0.39, 0.29) is 0 Å². The zero-order valence-corrected chi connectivity index (χ0v) is 9.07. The van der Waals surface area contributed by atoms with Crippen LogP contribution >= 0.6 is 0 Å². The Labute approximate surface area is 90.1 Å². The second kappa shape index (κ2) is 4.22. The van der Waals surface area contributed by atoms with Crippen LogP contribution in [0.1, 0.15) is 24.7 Å². The molecular formula is C13H14N2. The average Bonchev–Trinajstić information content (AvgIpc) is 2.44. The van der Waals surface area contributed by atoms with Crippen molar-refractivity contribution in [2.45, 2.75) is 20.3 Å². The highest BCUT2D eigenvalue weighted by Crippen LogP contribution is 2.19. The van der Waals surface area contributed by atoms with Crippen LogP contribution in [0, 0.1) is 6.92 Å². The Bertz CT molecular complexity index is 436. The molecule has 15 heavy (non-hydrogen) atoms. The maximum Gasteiger partial charge on any atom is 0.125 e. The summed E-state index contributed by atoms with van der Waals surface area (Å²) < 4.78 is 0. The van der Waals surface area contributed by atoms with Gasteiger partial charge in [-0.25, -0.2) is 9.97 Å². The van der Waals surface area contributed by atoms with Crippen molar-refractivity contribution >= 4 is 5.57 Å². The van der Waals surface area contributed by atoms with Gasteiger partial charge >= 0.3 is 0 Å². The lowest BCUT2D eigenvalue weighted by molar-refractivity contribution is 1.04. The molecule has 0 bridgehead atoms. The van der Waals surface area contributed by atoms with Crippen LogP contribution < -0.4 is 0 Å². The highest BCUT2D eigenvalue weighted by Gasteiger charge is 2.00. The van der Waals surface area contributed by atoms with Crippen molar-refractivity contribution in [1.29, 1.82) is 0 Å². The van der Waals surface area contributed by atoms with Gasteiger partial charge in [0.25, 0.3) is 0 Å². The maximum absolute atomic E-state index is 4.20. The van der Waals surface area contributed by atoms with Gasteiger partial charge in [0.05, 0.1) is 0 Å². The summed E-state index contributed by atoms with van der Waals surface area (Å²) in [6.45, 7) is 4.01. The van der Waals surface area contributed by atoms with Crippen LogP contribution in [0.4, 0.5) is 0 Å². The molecule has 1 aromatic heterocycles. The normalized spacial score (nSPS) is 15.6. The molecule has 0 atom stereocenters. The van der Waals surface area contributed by atoms with Gasteiger partial charge in [-0.2, -0.15) is 0 Å². The van der Waals surface area contributed by atoms with Crippen molar-refractivity contribution in [1.82, 2.24) is 9.97 Å². The van der Waals surface area contributed by atoms with Crippen molar-refractivity contribution in [2.75, 3.05) is 0 Å². The van der Waals surface area contributed by atoms with E-state index in [1.165, 1.54) is 11.1 Å². The monoisotopic (exact) mass is 198 g/mol. The van der Waals surface area contributed by atoms with Crippen LogP contribution in [0.25, 0.3) is 5.57 Å². The van der Waals surface area contributed by atoms with Crippen LogP contribution in [0.15, 0.2) is 42.3 Å². The second-order valence-corrected chi connectivity index (χ2v) is 3.70. The van der Waals surface area contributed by atoms with Crippen LogP contribution in [-0.2, 0) is 0 Å². The Morgan fingerprint density at radius 1 is 1.00 bits per heavy atom. The summed E-state index contributed by atoms with van der Waals surface area (Å²) in [6, 6.07) is 0. The van der Waals surface area contributed by atoms with Gasteiger partial charge in [0.15, 0.2) is 0 Å². The molecule has 0 fully saturated rings. The first kappa shape index (κ1) is 9.84. The molecule has 0 aromatic carbocycles. The fraction of sp³-hybridized carbons (Fsp3) is 0.231. The number of aryl methyl sites for hydroxylation is 1. The largest absolute Gasteiger partial charge is 0.241 e. The molecule has 0 spiro atoms. The lowest BCUT2D eigenvalue weighted by Crippen LogP contribution is -1.89. The van der Waals surface area contributed by atoms with Gasteiger partial charge in [0, 0.05) is 18.0 Å². The van der Waals surface area contributed by atoms with Gasteiger partial charge in [0.1, 0.15) is 5.82 Å². The molecule has 0 aliphatic heterocycles. The Morgan fingerprint density at radius 3 is 2.47 bits per heavy atom. The summed E-state index contributed by atoms with van der Waals surface area (Å²) in [5.41, 5.74) is 3.58. The molecule has 0 unspecified atom stereocenters. The Balaban J connectivity index is 2.29. The maximum atomic E-state index is 4.20. The quantitative estimate of drug-likeness (QED) is 0.693. The van der Waals surface area contributed by atoms with Gasteiger partial charge in [0.2, 0.25) is 0 Å². The fourth-order valence-corrected chi connectivity index (χ4v) is 1.48. The number of hydrogen-bond donors (Lipinski definition) is 0. The van der Waals surface area contributed by atoms with Crippen molar-refractivity contribution in [3.63, 3.8) is 0 Å². The van der Waals surface area contributed by atoms with E-state index in [4.69, 9.17) is 0 Å². The molecule has 2 heteroatoms. The Hall–Kier alpha value is -1.70. The minimum atomic E-state index is 0.811. The van der Waals surface area contributed by atoms with E-state index < -0.39 is 0 Å². The van der Waals surface area contributed by atoms with Crippen LogP contribution in [0.5, 0.6) is 0 Å². The molecule has 0 amide bonds. The van der Waals surface area contributed by atoms with Crippen molar-refractivity contribution in [3.8, 4) is 0 Å². The summed E-state index contributed by atoms with van der Waals surface area (Å²) in [5, 5.41) is 0. The van der Waals surface area contributed by atoms with Gasteiger partial charge in [-0.3, -0.25) is 0 Å². The molecule has 0 saturated heterocycles. The smallest absolute Gasteiger partial charge is 0.125 e. The van der Waals surface area contributed by atoms with Gasteiger partial charge in [-0.15, -0.1) is 0 Å². The highest BCUT2D eigenvalue weighted by atomic mass is 14.8. The molecular weight excluding hydrogens is 184 g/mol. The van der Waals surface area contributed by atoms with Crippen LogP contribution in [0.2, 0.25) is 0 Å². The second-order valence-electron chi connectivity index (χ2n) is 3.70. The predicted molar refractivity (Wildman–Crippen MR) is 62.3 cm³/mol. The first-order valence-corrected chi connectivity index (χ1v) is 5.10. The number of rotatable bonds is 1. The Morgan fingerprint density at radius 2 is 1.73 bits per heavy atom. The number of allylic oxidation sites excluding steroid dienone is 6. The van der Waals surface area contributed by atoms with Crippen molar-refractivity contribution in [2.24, 2.45) is 0 Å². The molecule has 76 valence electrons. The molecule has 2 rings (SSSR count). The van der Waals surface area contributed by atoms with Crippen LogP contribution in [0.3, 0.4) is 0 Å².